The molecular formula is C9H19N3O4. The van der Waals surface area contributed by atoms with Crippen LogP contribution in [0.4, 0.5) is 4.79 Å². The Hall–Kier alpha value is -1.34. The second kappa shape index (κ2) is 7.02. The Kier molecular flexibility index (Phi) is 6.43. The molecule has 0 rings (SSSR count). The highest BCUT2D eigenvalue weighted by Crippen LogP contribution is 2.06. The van der Waals surface area contributed by atoms with Crippen LogP contribution in [0.1, 0.15) is 19.8 Å². The molecule has 0 bridgehead atoms. The number of aliphatic hydroxyl groups is 1. The lowest BCUT2D eigenvalue weighted by atomic mass is 10.0. The summed E-state index contributed by atoms with van der Waals surface area (Å²) in [6, 6.07) is -0.445. The van der Waals surface area contributed by atoms with Crippen molar-refractivity contribution >= 4 is 12.0 Å². The fourth-order valence-corrected chi connectivity index (χ4v) is 1.03. The predicted molar refractivity (Wildman–Crippen MR) is 57.9 cm³/mol. The summed E-state index contributed by atoms with van der Waals surface area (Å²) in [6.45, 7) is 2.16. The van der Waals surface area contributed by atoms with Crippen molar-refractivity contribution in [1.82, 2.24) is 10.6 Å². The first kappa shape index (κ1) is 14.7. The third kappa shape index (κ3) is 8.01. The predicted octanol–water partition coefficient (Wildman–Crippen LogP) is -1.14. The van der Waals surface area contributed by atoms with Crippen LogP contribution >= 0.6 is 0 Å². The molecule has 0 aliphatic rings. The second-order valence-electron chi connectivity index (χ2n) is 3.82. The van der Waals surface area contributed by atoms with Crippen molar-refractivity contribution in [2.45, 2.75) is 25.4 Å². The van der Waals surface area contributed by atoms with Crippen LogP contribution < -0.4 is 16.4 Å². The molecule has 2 amide bonds. The van der Waals surface area contributed by atoms with Crippen molar-refractivity contribution in [3.8, 4) is 0 Å². The summed E-state index contributed by atoms with van der Waals surface area (Å²) in [5, 5.41) is 23.0. The van der Waals surface area contributed by atoms with Crippen molar-refractivity contribution in [2.24, 2.45) is 5.73 Å². The van der Waals surface area contributed by atoms with Gasteiger partial charge in [0.25, 0.3) is 0 Å². The Morgan fingerprint density at radius 1 is 1.38 bits per heavy atom. The number of nitrogens with one attached hydrogen (secondary N) is 2. The number of rotatable bonds is 7. The van der Waals surface area contributed by atoms with Gasteiger partial charge in [0.2, 0.25) is 0 Å². The minimum absolute atomic E-state index is 0.117. The number of nitrogens with two attached hydrogens (primary N) is 1. The monoisotopic (exact) mass is 233 g/mol. The maximum atomic E-state index is 11.1. The van der Waals surface area contributed by atoms with Gasteiger partial charge in [0, 0.05) is 13.1 Å². The molecule has 6 N–H and O–H groups in total. The Balaban J connectivity index is 3.77. The van der Waals surface area contributed by atoms with Crippen LogP contribution in [0.25, 0.3) is 0 Å². The van der Waals surface area contributed by atoms with E-state index < -0.39 is 24.0 Å². The van der Waals surface area contributed by atoms with Gasteiger partial charge < -0.3 is 26.6 Å². The standard InChI is InChI=1S/C9H19N3O4/c1-9(16,5-7(13)14)6-12-8(15)11-4-2-3-10/h16H,2-6,10H2,1H3,(H,13,14)(H2,11,12,15). The third-order valence-electron chi connectivity index (χ3n) is 1.83. The van der Waals surface area contributed by atoms with Crippen LogP contribution in [0.3, 0.4) is 0 Å². The molecule has 0 aliphatic heterocycles. The van der Waals surface area contributed by atoms with Crippen LogP contribution in [0.2, 0.25) is 0 Å². The highest BCUT2D eigenvalue weighted by Gasteiger charge is 2.24. The zero-order valence-corrected chi connectivity index (χ0v) is 9.32. The van der Waals surface area contributed by atoms with Crippen LogP contribution in [0, 0.1) is 0 Å². The number of carboxylic acid groups (broad SMARTS) is 1. The molecule has 0 heterocycles. The van der Waals surface area contributed by atoms with Gasteiger partial charge in [-0.2, -0.15) is 0 Å². The third-order valence-corrected chi connectivity index (χ3v) is 1.83. The quantitative estimate of drug-likeness (QED) is 0.355. The number of amides is 2. The van der Waals surface area contributed by atoms with Crippen molar-refractivity contribution in [3.05, 3.63) is 0 Å². The van der Waals surface area contributed by atoms with E-state index >= 15 is 0 Å². The van der Waals surface area contributed by atoms with Crippen LogP contribution in [-0.2, 0) is 4.79 Å². The summed E-state index contributed by atoms with van der Waals surface area (Å²) in [5.41, 5.74) is 3.79. The van der Waals surface area contributed by atoms with Crippen LogP contribution in [0.5, 0.6) is 0 Å². The molecule has 7 heteroatoms. The molecule has 7 nitrogen and oxygen atoms in total. The highest BCUT2D eigenvalue weighted by molar-refractivity contribution is 5.74. The highest BCUT2D eigenvalue weighted by atomic mass is 16.4. The van der Waals surface area contributed by atoms with Gasteiger partial charge in [0.1, 0.15) is 0 Å². The molecule has 1 unspecified atom stereocenters. The average molecular weight is 233 g/mol. The Labute approximate surface area is 94.0 Å². The normalized spacial score (nSPS) is 13.9. The summed E-state index contributed by atoms with van der Waals surface area (Å²) in [7, 11) is 0. The van der Waals surface area contributed by atoms with E-state index in [1.807, 2.05) is 0 Å². The number of hydrogen-bond donors (Lipinski definition) is 5. The molecule has 0 radical (unpaired) electrons. The summed E-state index contributed by atoms with van der Waals surface area (Å²) in [6.07, 6.45) is 0.245. The van der Waals surface area contributed by atoms with Gasteiger partial charge in [-0.25, -0.2) is 4.79 Å². The zero-order valence-electron chi connectivity index (χ0n) is 9.32. The first-order valence-corrected chi connectivity index (χ1v) is 5.03. The number of carbonyl (C=O) groups excluding carboxylic acids is 1. The molecule has 0 aromatic carbocycles. The van der Waals surface area contributed by atoms with E-state index in [-0.39, 0.29) is 6.54 Å². The number of carbonyl (C=O) groups is 2. The molecule has 0 spiro atoms. The van der Waals surface area contributed by atoms with Crippen molar-refractivity contribution < 1.29 is 19.8 Å². The lowest BCUT2D eigenvalue weighted by Gasteiger charge is -2.21. The largest absolute Gasteiger partial charge is 0.481 e. The Morgan fingerprint density at radius 2 is 2.00 bits per heavy atom. The van der Waals surface area contributed by atoms with Gasteiger partial charge in [0.15, 0.2) is 0 Å². The number of carboxylic acids is 1. The van der Waals surface area contributed by atoms with Gasteiger partial charge in [-0.05, 0) is 19.9 Å². The van der Waals surface area contributed by atoms with Crippen LogP contribution in [-0.4, -0.2) is 47.4 Å². The van der Waals surface area contributed by atoms with E-state index in [0.717, 1.165) is 0 Å². The molecule has 0 aliphatic carbocycles. The molecule has 94 valence electrons. The molecule has 0 saturated carbocycles. The molecular weight excluding hydrogens is 214 g/mol. The molecule has 0 aromatic heterocycles. The summed E-state index contributed by atoms with van der Waals surface area (Å²) in [5.74, 6) is -1.12. The van der Waals surface area contributed by atoms with Gasteiger partial charge in [-0.3, -0.25) is 4.79 Å². The first-order chi connectivity index (χ1) is 7.37. The van der Waals surface area contributed by atoms with Crippen LogP contribution in [0.15, 0.2) is 0 Å². The average Bonchev–Trinajstić information content (AvgIpc) is 2.13. The lowest BCUT2D eigenvalue weighted by Crippen LogP contribution is -2.46. The van der Waals surface area contributed by atoms with Crippen molar-refractivity contribution in [2.75, 3.05) is 19.6 Å². The summed E-state index contributed by atoms with van der Waals surface area (Å²) < 4.78 is 0. The summed E-state index contributed by atoms with van der Waals surface area (Å²) >= 11 is 0. The van der Waals surface area contributed by atoms with Gasteiger partial charge in [-0.1, -0.05) is 0 Å². The molecule has 16 heavy (non-hydrogen) atoms. The van der Waals surface area contributed by atoms with Gasteiger partial charge in [-0.15, -0.1) is 0 Å². The number of urea groups is 1. The fraction of sp³-hybridized carbons (Fsp3) is 0.778. The Morgan fingerprint density at radius 3 is 2.50 bits per heavy atom. The van der Waals surface area contributed by atoms with E-state index in [1.165, 1.54) is 6.92 Å². The van der Waals surface area contributed by atoms with E-state index in [2.05, 4.69) is 10.6 Å². The minimum Gasteiger partial charge on any atom is -0.481 e. The van der Waals surface area contributed by atoms with E-state index in [1.54, 1.807) is 0 Å². The number of hydrogen-bond acceptors (Lipinski definition) is 4. The zero-order chi connectivity index (χ0) is 12.6. The topological polar surface area (TPSA) is 125 Å². The first-order valence-electron chi connectivity index (χ1n) is 5.03. The molecule has 0 fully saturated rings. The van der Waals surface area contributed by atoms with Crippen molar-refractivity contribution in [1.29, 1.82) is 0 Å². The van der Waals surface area contributed by atoms with Gasteiger partial charge >= 0.3 is 12.0 Å². The molecule has 0 saturated heterocycles. The summed E-state index contributed by atoms with van der Waals surface area (Å²) in [4.78, 5) is 21.5. The lowest BCUT2D eigenvalue weighted by molar-refractivity contribution is -0.141. The smallest absolute Gasteiger partial charge is 0.314 e. The molecule has 0 aromatic rings. The minimum atomic E-state index is -1.45. The number of aliphatic carboxylic acids is 1. The van der Waals surface area contributed by atoms with E-state index in [9.17, 15) is 14.7 Å². The van der Waals surface area contributed by atoms with E-state index in [0.29, 0.717) is 19.5 Å². The maximum absolute atomic E-state index is 11.1. The van der Waals surface area contributed by atoms with E-state index in [4.69, 9.17) is 10.8 Å². The second-order valence-corrected chi connectivity index (χ2v) is 3.82. The fourth-order valence-electron chi connectivity index (χ4n) is 1.03. The maximum Gasteiger partial charge on any atom is 0.314 e. The van der Waals surface area contributed by atoms with Gasteiger partial charge in [0.05, 0.1) is 12.0 Å². The van der Waals surface area contributed by atoms with Crippen molar-refractivity contribution in [3.63, 3.8) is 0 Å². The Bertz CT molecular complexity index is 243. The SMILES string of the molecule is CC(O)(CNC(=O)NCCCN)CC(=O)O. The molecule has 1 atom stereocenters.